The predicted molar refractivity (Wildman–Crippen MR) is 120 cm³/mol. The monoisotopic (exact) mass is 418 g/mol. The largest absolute Gasteiger partial charge is 0.312 e. The van der Waals surface area contributed by atoms with Crippen LogP contribution in [0.3, 0.4) is 0 Å². The molecule has 4 N–H and O–H groups in total. The maximum absolute atomic E-state index is 7.14. The van der Waals surface area contributed by atoms with Crippen LogP contribution in [0, 0.1) is 22.7 Å². The standard InChI is InChI=1S/C23H44Cl2N2/c1-5-7-13-20(3)15-9-11-18(22(20,24)26)17-19-12-10-16-21(4,14-8-6-2)23(19,25)27/h18-19H,5-17,26-27H2,1-4H3. The third-order valence-corrected chi connectivity index (χ3v) is 9.86. The molecule has 0 aromatic rings. The topological polar surface area (TPSA) is 52.0 Å². The molecular formula is C23H44Cl2N2. The molecule has 2 aliphatic carbocycles. The lowest BCUT2D eigenvalue weighted by atomic mass is 9.58. The van der Waals surface area contributed by atoms with E-state index < -0.39 is 10.00 Å². The van der Waals surface area contributed by atoms with Crippen LogP contribution in [0.25, 0.3) is 0 Å². The highest BCUT2D eigenvalue weighted by Crippen LogP contribution is 2.57. The van der Waals surface area contributed by atoms with Gasteiger partial charge in [-0.05, 0) is 67.6 Å². The lowest BCUT2D eigenvalue weighted by Crippen LogP contribution is -2.61. The van der Waals surface area contributed by atoms with E-state index in [2.05, 4.69) is 27.7 Å². The molecule has 0 saturated heterocycles. The molecule has 0 spiro atoms. The maximum Gasteiger partial charge on any atom is 0.0993 e. The Morgan fingerprint density at radius 2 is 1.15 bits per heavy atom. The van der Waals surface area contributed by atoms with Crippen molar-refractivity contribution in [1.82, 2.24) is 0 Å². The van der Waals surface area contributed by atoms with E-state index >= 15 is 0 Å². The fourth-order valence-electron chi connectivity index (χ4n) is 5.96. The van der Waals surface area contributed by atoms with Crippen molar-refractivity contribution in [2.75, 3.05) is 0 Å². The zero-order chi connectivity index (χ0) is 20.3. The Bertz CT molecular complexity index is 437. The highest BCUT2D eigenvalue weighted by Gasteiger charge is 2.55. The number of unbranched alkanes of at least 4 members (excludes halogenated alkanes) is 2. The van der Waals surface area contributed by atoms with Gasteiger partial charge in [-0.1, -0.05) is 66.2 Å². The molecule has 160 valence electrons. The van der Waals surface area contributed by atoms with Crippen LogP contribution in [0.5, 0.6) is 0 Å². The second kappa shape index (κ2) is 9.11. The van der Waals surface area contributed by atoms with E-state index in [0.717, 1.165) is 44.9 Å². The van der Waals surface area contributed by atoms with Gasteiger partial charge in [0.1, 0.15) is 0 Å². The van der Waals surface area contributed by atoms with Gasteiger partial charge in [0.05, 0.1) is 10.00 Å². The molecule has 0 aromatic heterocycles. The number of halogens is 2. The normalized spacial score (nSPS) is 45.8. The van der Waals surface area contributed by atoms with Crippen LogP contribution in [0.2, 0.25) is 0 Å². The van der Waals surface area contributed by atoms with E-state index in [1.54, 1.807) is 0 Å². The average Bonchev–Trinajstić information content (AvgIpc) is 2.60. The molecule has 2 saturated carbocycles. The summed E-state index contributed by atoms with van der Waals surface area (Å²) in [7, 11) is 0. The van der Waals surface area contributed by atoms with Crippen molar-refractivity contribution in [3.63, 3.8) is 0 Å². The van der Waals surface area contributed by atoms with E-state index in [0.29, 0.717) is 11.8 Å². The fraction of sp³-hybridized carbons (Fsp3) is 1.00. The molecule has 2 fully saturated rings. The summed E-state index contributed by atoms with van der Waals surface area (Å²) in [5, 5.41) is 0. The summed E-state index contributed by atoms with van der Waals surface area (Å²) in [5.74, 6) is 0.602. The van der Waals surface area contributed by atoms with Crippen molar-refractivity contribution in [1.29, 1.82) is 0 Å². The summed E-state index contributed by atoms with van der Waals surface area (Å²) in [6.45, 7) is 9.10. The number of nitrogens with two attached hydrogens (primary N) is 2. The number of rotatable bonds is 8. The number of hydrogen-bond donors (Lipinski definition) is 2. The molecule has 0 bridgehead atoms. The summed E-state index contributed by atoms with van der Waals surface area (Å²) in [5.41, 5.74) is 13.8. The molecule has 0 radical (unpaired) electrons. The summed E-state index contributed by atoms with van der Waals surface area (Å²) >= 11 is 14.3. The van der Waals surface area contributed by atoms with Crippen molar-refractivity contribution in [3.05, 3.63) is 0 Å². The summed E-state index contributed by atoms with van der Waals surface area (Å²) < 4.78 is 0. The van der Waals surface area contributed by atoms with Gasteiger partial charge in [0, 0.05) is 0 Å². The van der Waals surface area contributed by atoms with E-state index in [4.69, 9.17) is 34.7 Å². The lowest BCUT2D eigenvalue weighted by Gasteiger charge is -2.55. The Morgan fingerprint density at radius 1 is 0.778 bits per heavy atom. The molecule has 0 aromatic carbocycles. The van der Waals surface area contributed by atoms with Crippen LogP contribution in [-0.2, 0) is 0 Å². The molecule has 2 aliphatic rings. The Hall–Kier alpha value is 0.500. The molecule has 2 nitrogen and oxygen atoms in total. The summed E-state index contributed by atoms with van der Waals surface area (Å²) in [4.78, 5) is -1.30. The fourth-order valence-corrected chi connectivity index (χ4v) is 6.73. The Labute approximate surface area is 178 Å². The Balaban J connectivity index is 2.16. The van der Waals surface area contributed by atoms with Crippen molar-refractivity contribution in [3.8, 4) is 0 Å². The van der Waals surface area contributed by atoms with Gasteiger partial charge in [0.2, 0.25) is 0 Å². The first-order valence-corrected chi connectivity index (χ1v) is 12.3. The molecule has 4 heteroatoms. The molecule has 0 heterocycles. The van der Waals surface area contributed by atoms with Crippen molar-refractivity contribution >= 4 is 23.2 Å². The highest BCUT2D eigenvalue weighted by atomic mass is 35.5. The van der Waals surface area contributed by atoms with Crippen molar-refractivity contribution < 1.29 is 0 Å². The smallest absolute Gasteiger partial charge is 0.0993 e. The molecule has 2 rings (SSSR count). The lowest BCUT2D eigenvalue weighted by molar-refractivity contribution is 0.0228. The first-order valence-electron chi connectivity index (χ1n) is 11.5. The summed E-state index contributed by atoms with van der Waals surface area (Å²) in [6, 6.07) is 0. The van der Waals surface area contributed by atoms with Crippen LogP contribution in [0.15, 0.2) is 0 Å². The van der Waals surface area contributed by atoms with Crippen LogP contribution in [0.4, 0.5) is 0 Å². The van der Waals surface area contributed by atoms with Gasteiger partial charge < -0.3 is 11.5 Å². The third-order valence-electron chi connectivity index (χ3n) is 8.33. The van der Waals surface area contributed by atoms with Gasteiger partial charge in [0.25, 0.3) is 0 Å². The second-order valence-electron chi connectivity index (χ2n) is 10.3. The van der Waals surface area contributed by atoms with E-state index in [-0.39, 0.29) is 10.8 Å². The SMILES string of the molecule is CCCCC1(C)CCCC(CC2CCCC(C)(CCCC)C2(N)Cl)C1(N)Cl. The highest BCUT2D eigenvalue weighted by molar-refractivity contribution is 6.25. The molecule has 0 aliphatic heterocycles. The molecule has 0 amide bonds. The van der Waals surface area contributed by atoms with Gasteiger partial charge in [-0.3, -0.25) is 0 Å². The average molecular weight is 420 g/mol. The van der Waals surface area contributed by atoms with Crippen LogP contribution < -0.4 is 11.5 Å². The predicted octanol–water partition coefficient (Wildman–Crippen LogP) is 7.16. The van der Waals surface area contributed by atoms with Crippen LogP contribution in [0.1, 0.15) is 111 Å². The second-order valence-corrected chi connectivity index (χ2v) is 11.5. The van der Waals surface area contributed by atoms with E-state index in [1.807, 2.05) is 0 Å². The van der Waals surface area contributed by atoms with Crippen molar-refractivity contribution in [2.45, 2.75) is 121 Å². The number of hydrogen-bond acceptors (Lipinski definition) is 2. The zero-order valence-corrected chi connectivity index (χ0v) is 19.8. The van der Waals surface area contributed by atoms with Crippen LogP contribution in [-0.4, -0.2) is 10.00 Å². The minimum Gasteiger partial charge on any atom is -0.312 e. The molecular weight excluding hydrogens is 375 g/mol. The molecule has 6 atom stereocenters. The van der Waals surface area contributed by atoms with Crippen molar-refractivity contribution in [2.24, 2.45) is 34.1 Å². The third kappa shape index (κ3) is 4.65. The molecule has 6 unspecified atom stereocenters. The Morgan fingerprint density at radius 3 is 1.48 bits per heavy atom. The molecule has 27 heavy (non-hydrogen) atoms. The van der Waals surface area contributed by atoms with E-state index in [9.17, 15) is 0 Å². The first-order chi connectivity index (χ1) is 12.5. The first kappa shape index (κ1) is 23.8. The zero-order valence-electron chi connectivity index (χ0n) is 18.3. The van der Waals surface area contributed by atoms with Gasteiger partial charge in [0.15, 0.2) is 0 Å². The quantitative estimate of drug-likeness (QED) is 0.324. The minimum atomic E-state index is -0.648. The maximum atomic E-state index is 7.14. The Kier molecular flexibility index (Phi) is 8.02. The van der Waals surface area contributed by atoms with Gasteiger partial charge in [-0.25, -0.2) is 0 Å². The van der Waals surface area contributed by atoms with Gasteiger partial charge in [-0.2, -0.15) is 0 Å². The number of alkyl halides is 2. The van der Waals surface area contributed by atoms with Gasteiger partial charge >= 0.3 is 0 Å². The minimum absolute atomic E-state index is 0.0111. The van der Waals surface area contributed by atoms with Crippen LogP contribution >= 0.6 is 23.2 Å². The van der Waals surface area contributed by atoms with E-state index in [1.165, 1.54) is 38.5 Å². The summed E-state index contributed by atoms with van der Waals surface area (Å²) in [6.07, 6.45) is 14.9. The van der Waals surface area contributed by atoms with Gasteiger partial charge in [-0.15, -0.1) is 23.2 Å².